The summed E-state index contributed by atoms with van der Waals surface area (Å²) in [4.78, 5) is 35.4. The summed E-state index contributed by atoms with van der Waals surface area (Å²) in [5.41, 5.74) is 0. The Kier molecular flexibility index (Phi) is 15.9. The maximum Gasteiger partial charge on any atom is 0.328 e. The molecule has 0 bridgehead atoms. The van der Waals surface area contributed by atoms with E-state index in [1.807, 2.05) is 25.9 Å². The Morgan fingerprint density at radius 1 is 1.09 bits per heavy atom. The molecule has 1 atom stereocenters. The van der Waals surface area contributed by atoms with Crippen molar-refractivity contribution in [3.05, 3.63) is 40.4 Å². The Bertz CT molecular complexity index is 743. The summed E-state index contributed by atoms with van der Waals surface area (Å²) < 4.78 is 6.46. The van der Waals surface area contributed by atoms with Crippen LogP contribution in [0.5, 0.6) is 5.75 Å². The van der Waals surface area contributed by atoms with Crippen LogP contribution in [0.4, 0.5) is 4.79 Å². The zero-order valence-electron chi connectivity index (χ0n) is 18.1. The van der Waals surface area contributed by atoms with Crippen molar-refractivity contribution in [2.45, 2.75) is 13.0 Å². The van der Waals surface area contributed by atoms with Crippen LogP contribution in [0.3, 0.4) is 0 Å². The van der Waals surface area contributed by atoms with Crippen molar-refractivity contribution >= 4 is 63.8 Å². The van der Waals surface area contributed by atoms with Crippen LogP contribution in [0, 0.1) is 0 Å². The van der Waals surface area contributed by atoms with Crippen LogP contribution in [0.1, 0.15) is 6.92 Å². The Balaban J connectivity index is 0.00000102. The van der Waals surface area contributed by atoms with Crippen LogP contribution >= 0.6 is 45.8 Å². The Labute approximate surface area is 211 Å². The van der Waals surface area contributed by atoms with Crippen molar-refractivity contribution in [3.63, 3.8) is 0 Å². The van der Waals surface area contributed by atoms with Crippen molar-refractivity contribution in [3.8, 4) is 5.75 Å². The molecule has 1 aromatic carbocycles. The van der Waals surface area contributed by atoms with Gasteiger partial charge in [0.25, 0.3) is 0 Å². The number of carbonyl (C=O) groups is 3. The van der Waals surface area contributed by atoms with Crippen molar-refractivity contribution in [1.82, 2.24) is 15.1 Å². The third-order valence-corrected chi connectivity index (χ3v) is 5.37. The molecule has 0 aliphatic carbocycles. The lowest BCUT2D eigenvalue weighted by atomic mass is 10.3. The molecule has 0 heterocycles. The lowest BCUT2D eigenvalue weighted by Crippen LogP contribution is -2.49. The lowest BCUT2D eigenvalue weighted by Gasteiger charge is -2.29. The second-order valence-corrected chi connectivity index (χ2v) is 8.45. The number of carbonyl (C=O) groups excluding carboxylic acids is 1. The molecule has 180 valence electrons. The number of benzene rings is 1. The maximum atomic E-state index is 12.4. The van der Waals surface area contributed by atoms with Crippen molar-refractivity contribution in [2.75, 3.05) is 44.8 Å². The number of likely N-dealkylation sites (N-methyl/N-ethyl adjacent to an activating group) is 1. The number of carboxylic acid groups (broad SMARTS) is 2. The van der Waals surface area contributed by atoms with Gasteiger partial charge in [0.2, 0.25) is 0 Å². The topological polar surface area (TPSA) is 119 Å². The minimum atomic E-state index is -1.26. The average molecular weight is 604 g/mol. The zero-order valence-corrected chi connectivity index (χ0v) is 21.7. The van der Waals surface area contributed by atoms with Crippen molar-refractivity contribution in [2.24, 2.45) is 0 Å². The fourth-order valence-electron chi connectivity index (χ4n) is 2.10. The van der Waals surface area contributed by atoms with Gasteiger partial charge in [-0.2, -0.15) is 0 Å². The maximum absolute atomic E-state index is 12.4. The number of nitrogens with zero attached hydrogens (tertiary/aromatic N) is 2. The first kappa shape index (κ1) is 30.2. The van der Waals surface area contributed by atoms with E-state index in [4.69, 9.17) is 38.2 Å². The average Bonchev–Trinajstić information content (AvgIpc) is 2.69. The van der Waals surface area contributed by atoms with E-state index in [1.54, 1.807) is 18.2 Å². The summed E-state index contributed by atoms with van der Waals surface area (Å²) in [7, 11) is 3.99. The van der Waals surface area contributed by atoms with Gasteiger partial charge in [0.1, 0.15) is 12.4 Å². The second kappa shape index (κ2) is 16.8. The van der Waals surface area contributed by atoms with Crippen LogP contribution in [0.2, 0.25) is 10.0 Å². The number of alkyl halides is 1. The zero-order chi connectivity index (χ0) is 24.7. The third-order valence-electron chi connectivity index (χ3n) is 3.66. The number of halogens is 3. The van der Waals surface area contributed by atoms with Crippen LogP contribution in [0.15, 0.2) is 30.4 Å². The molecular weight excluding hydrogens is 576 g/mol. The van der Waals surface area contributed by atoms with E-state index in [0.29, 0.717) is 47.6 Å². The summed E-state index contributed by atoms with van der Waals surface area (Å²) in [5.74, 6) is -1.92. The van der Waals surface area contributed by atoms with Gasteiger partial charge in [-0.15, -0.1) is 0 Å². The highest BCUT2D eigenvalue weighted by atomic mass is 127. The Morgan fingerprint density at radius 2 is 1.62 bits per heavy atom. The smallest absolute Gasteiger partial charge is 0.328 e. The fraction of sp³-hybridized carbons (Fsp3) is 0.450. The van der Waals surface area contributed by atoms with E-state index in [1.165, 1.54) is 0 Å². The standard InChI is InChI=1S/C16H24Cl2IN3O2.C4H4O4/c1-12(11-19)22(6-5-21(2)3)16(23)20-4-7-24-15-9-13(17)8-14(18)10-15;5-3(6)1-2-4(7)8/h8-10,12H,4-7,11H2,1-3H3,(H,20,23);1-2H,(H,5,6)(H,7,8). The van der Waals surface area contributed by atoms with Gasteiger partial charge >= 0.3 is 18.0 Å². The molecule has 1 unspecified atom stereocenters. The van der Waals surface area contributed by atoms with Gasteiger partial charge < -0.3 is 30.1 Å². The third kappa shape index (κ3) is 15.1. The van der Waals surface area contributed by atoms with Crippen LogP contribution in [0.25, 0.3) is 0 Å². The van der Waals surface area contributed by atoms with E-state index in [2.05, 4.69) is 32.8 Å². The minimum Gasteiger partial charge on any atom is -0.492 e. The van der Waals surface area contributed by atoms with Crippen LogP contribution in [-0.2, 0) is 9.59 Å². The summed E-state index contributed by atoms with van der Waals surface area (Å²) in [6.45, 7) is 4.32. The quantitative estimate of drug-likeness (QED) is 0.153. The molecule has 0 aliphatic rings. The molecule has 0 saturated heterocycles. The molecule has 2 amide bonds. The highest BCUT2D eigenvalue weighted by molar-refractivity contribution is 14.1. The first-order valence-corrected chi connectivity index (χ1v) is 11.7. The van der Waals surface area contributed by atoms with Gasteiger partial charge in [0.15, 0.2) is 0 Å². The van der Waals surface area contributed by atoms with Crippen molar-refractivity contribution in [1.29, 1.82) is 0 Å². The summed E-state index contributed by atoms with van der Waals surface area (Å²) in [6, 6.07) is 5.13. The fourth-order valence-corrected chi connectivity index (χ4v) is 3.08. The predicted octanol–water partition coefficient (Wildman–Crippen LogP) is 3.48. The number of urea groups is 1. The van der Waals surface area contributed by atoms with E-state index in [0.717, 1.165) is 11.0 Å². The Morgan fingerprint density at radius 3 is 2.06 bits per heavy atom. The molecule has 1 rings (SSSR count). The molecular formula is C20H28Cl2IN3O6. The monoisotopic (exact) mass is 603 g/mol. The van der Waals surface area contributed by atoms with Gasteiger partial charge in [-0.1, -0.05) is 45.8 Å². The number of carboxylic acids is 2. The number of nitrogens with one attached hydrogen (secondary N) is 1. The van der Waals surface area contributed by atoms with Crippen LogP contribution in [-0.4, -0.2) is 88.8 Å². The van der Waals surface area contributed by atoms with Crippen molar-refractivity contribution < 1.29 is 29.3 Å². The largest absolute Gasteiger partial charge is 0.492 e. The molecule has 0 saturated carbocycles. The Hall–Kier alpha value is -1.76. The first-order chi connectivity index (χ1) is 15.0. The van der Waals surface area contributed by atoms with Gasteiger partial charge in [0, 0.05) is 45.8 Å². The number of hydrogen-bond acceptors (Lipinski definition) is 5. The molecule has 0 fully saturated rings. The molecule has 9 nitrogen and oxygen atoms in total. The minimum absolute atomic E-state index is 0.0752. The first-order valence-electron chi connectivity index (χ1n) is 9.44. The van der Waals surface area contributed by atoms with E-state index >= 15 is 0 Å². The SMILES string of the molecule is CC(CI)N(CCN(C)C)C(=O)NCCOc1cc(Cl)cc(Cl)c1.O=C(O)C=CC(=O)O. The summed E-state index contributed by atoms with van der Waals surface area (Å²) >= 11 is 14.1. The normalized spacial score (nSPS) is 11.5. The lowest BCUT2D eigenvalue weighted by molar-refractivity contribution is -0.134. The highest BCUT2D eigenvalue weighted by Crippen LogP contribution is 2.23. The molecule has 32 heavy (non-hydrogen) atoms. The number of ether oxygens (including phenoxy) is 1. The summed E-state index contributed by atoms with van der Waals surface area (Å²) in [6.07, 6.45) is 1.12. The predicted molar refractivity (Wildman–Crippen MR) is 133 cm³/mol. The molecule has 0 aliphatic heterocycles. The molecule has 0 spiro atoms. The van der Waals surface area contributed by atoms with E-state index < -0.39 is 11.9 Å². The number of rotatable bonds is 11. The molecule has 1 aromatic rings. The number of hydrogen-bond donors (Lipinski definition) is 3. The molecule has 0 aromatic heterocycles. The van der Waals surface area contributed by atoms with Gasteiger partial charge in [-0.05, 0) is 39.2 Å². The summed E-state index contributed by atoms with van der Waals surface area (Å²) in [5, 5.41) is 19.6. The van der Waals surface area contributed by atoms with Gasteiger partial charge in [-0.3, -0.25) is 0 Å². The number of amides is 2. The van der Waals surface area contributed by atoms with Gasteiger partial charge in [-0.25, -0.2) is 14.4 Å². The van der Waals surface area contributed by atoms with E-state index in [-0.39, 0.29) is 12.1 Å². The number of aliphatic carboxylic acids is 2. The van der Waals surface area contributed by atoms with Gasteiger partial charge in [0.05, 0.1) is 6.54 Å². The second-order valence-electron chi connectivity index (χ2n) is 6.70. The van der Waals surface area contributed by atoms with E-state index in [9.17, 15) is 14.4 Å². The molecule has 3 N–H and O–H groups in total. The van der Waals surface area contributed by atoms with Crippen LogP contribution < -0.4 is 10.1 Å². The molecule has 12 heteroatoms. The molecule has 0 radical (unpaired) electrons. The highest BCUT2D eigenvalue weighted by Gasteiger charge is 2.18.